The van der Waals surface area contributed by atoms with Crippen molar-refractivity contribution in [3.63, 3.8) is 0 Å². The van der Waals surface area contributed by atoms with Crippen molar-refractivity contribution in [1.29, 1.82) is 0 Å². The minimum atomic E-state index is 0.648. The maximum atomic E-state index is 3.56. The van der Waals surface area contributed by atoms with E-state index in [0.717, 1.165) is 5.92 Å². The summed E-state index contributed by atoms with van der Waals surface area (Å²) >= 11 is 0. The van der Waals surface area contributed by atoms with Crippen molar-refractivity contribution in [1.82, 2.24) is 0 Å². The van der Waals surface area contributed by atoms with E-state index >= 15 is 0 Å². The molecule has 0 aromatic heterocycles. The van der Waals surface area contributed by atoms with Gasteiger partial charge in [0.15, 0.2) is 0 Å². The van der Waals surface area contributed by atoms with Crippen molar-refractivity contribution in [2.75, 3.05) is 0 Å². The Labute approximate surface area is 80.1 Å². The molecule has 0 bridgehead atoms. The smallest absolute Gasteiger partial charge is 0.0293 e. The Morgan fingerprint density at radius 1 is 1.08 bits per heavy atom. The van der Waals surface area contributed by atoms with Gasteiger partial charge in [-0.3, -0.25) is 0 Å². The predicted octanol–water partition coefficient (Wildman–Crippen LogP) is 4.91. The maximum absolute atomic E-state index is 3.56. The minimum Gasteiger partial charge on any atom is -0.103 e. The fourth-order valence-electron chi connectivity index (χ4n) is 0. The lowest BCUT2D eigenvalue weighted by Gasteiger charge is -1.90. The molecule has 0 saturated heterocycles. The fraction of sp³-hybridized carbons (Fsp3) is 0.833. The topological polar surface area (TPSA) is 0 Å². The zero-order chi connectivity index (χ0) is 10.6. The van der Waals surface area contributed by atoms with E-state index in [4.69, 9.17) is 0 Å². The van der Waals surface area contributed by atoms with Crippen LogP contribution < -0.4 is 0 Å². The molecule has 0 aromatic carbocycles. The van der Waals surface area contributed by atoms with Crippen LogP contribution in [0.1, 0.15) is 54.9 Å². The average molecular weight is 172 g/mol. The summed E-state index contributed by atoms with van der Waals surface area (Å²) in [6.45, 7) is 18.4. The van der Waals surface area contributed by atoms with Gasteiger partial charge in [0, 0.05) is 0 Å². The Bertz CT molecular complexity index is 60.4. The first-order valence-corrected chi connectivity index (χ1v) is 5.17. The molecule has 0 radical (unpaired) electrons. The van der Waals surface area contributed by atoms with Crippen LogP contribution in [0, 0.1) is 11.8 Å². The van der Waals surface area contributed by atoms with E-state index in [2.05, 4.69) is 41.2 Å². The zero-order valence-electron chi connectivity index (χ0n) is 10.1. The highest BCUT2D eigenvalue weighted by Crippen LogP contribution is 1.93. The zero-order valence-corrected chi connectivity index (χ0v) is 10.1. The van der Waals surface area contributed by atoms with Gasteiger partial charge in [-0.15, -0.1) is 6.58 Å². The van der Waals surface area contributed by atoms with Crippen LogP contribution in [0.15, 0.2) is 12.7 Å². The molecule has 0 rings (SSSR count). The summed E-state index contributed by atoms with van der Waals surface area (Å²) in [4.78, 5) is 0. The van der Waals surface area contributed by atoms with Crippen LogP contribution in [0.5, 0.6) is 0 Å². The Kier molecular flexibility index (Phi) is 25.1. The van der Waals surface area contributed by atoms with E-state index in [-0.39, 0.29) is 0 Å². The van der Waals surface area contributed by atoms with Crippen molar-refractivity contribution >= 4 is 0 Å². The molecule has 0 heteroatoms. The van der Waals surface area contributed by atoms with Gasteiger partial charge in [0.05, 0.1) is 0 Å². The highest BCUT2D eigenvalue weighted by atomic mass is 13.9. The molecule has 0 heterocycles. The molecule has 0 amide bonds. The predicted molar refractivity (Wildman–Crippen MR) is 61.5 cm³/mol. The van der Waals surface area contributed by atoms with E-state index in [9.17, 15) is 0 Å². The second kappa shape index (κ2) is 17.0. The summed E-state index contributed by atoms with van der Waals surface area (Å²) in [6, 6.07) is 0. The Morgan fingerprint density at radius 3 is 1.25 bits per heavy atom. The third-order valence-electron chi connectivity index (χ3n) is 1.29. The standard InChI is InChI=1S/C5H12.C5H10.C2H6/c2*1-4-5(2)3;1-2/h5H,4H2,1-3H3;4-5H,1H2,2-3H3;1-2H3. The lowest BCUT2D eigenvalue weighted by Crippen LogP contribution is -1.77. The number of rotatable bonds is 2. The monoisotopic (exact) mass is 172 g/mol. The van der Waals surface area contributed by atoms with Crippen molar-refractivity contribution in [2.45, 2.75) is 54.9 Å². The van der Waals surface area contributed by atoms with E-state index in [1.54, 1.807) is 0 Å². The maximum Gasteiger partial charge on any atom is -0.0293 e. The summed E-state index contributed by atoms with van der Waals surface area (Å²) in [7, 11) is 0. The Hall–Kier alpha value is -0.260. The molecule has 12 heavy (non-hydrogen) atoms. The SMILES string of the molecule is C=CC(C)C.CC.CCC(C)C. The summed E-state index contributed by atoms with van der Waals surface area (Å²) in [6.07, 6.45) is 3.22. The van der Waals surface area contributed by atoms with Gasteiger partial charge in [-0.05, 0) is 11.8 Å². The van der Waals surface area contributed by atoms with Crippen molar-refractivity contribution < 1.29 is 0 Å². The van der Waals surface area contributed by atoms with Gasteiger partial charge in [0.2, 0.25) is 0 Å². The molecule has 0 atom stereocenters. The summed E-state index contributed by atoms with van der Waals surface area (Å²) in [5.41, 5.74) is 0. The van der Waals surface area contributed by atoms with E-state index < -0.39 is 0 Å². The summed E-state index contributed by atoms with van der Waals surface area (Å²) in [5.74, 6) is 1.53. The van der Waals surface area contributed by atoms with E-state index in [0.29, 0.717) is 5.92 Å². The molecule has 76 valence electrons. The molecule has 0 fully saturated rings. The van der Waals surface area contributed by atoms with Crippen LogP contribution in [0.3, 0.4) is 0 Å². The quantitative estimate of drug-likeness (QED) is 0.519. The molecule has 0 spiro atoms. The van der Waals surface area contributed by atoms with Gasteiger partial charge in [0.1, 0.15) is 0 Å². The molecule has 0 aliphatic rings. The van der Waals surface area contributed by atoms with Crippen LogP contribution in [-0.2, 0) is 0 Å². The third kappa shape index (κ3) is 53.2. The molecule has 0 aromatic rings. The molecule has 0 unspecified atom stereocenters. The molecular weight excluding hydrogens is 144 g/mol. The first-order chi connectivity index (χ1) is 5.54. The highest BCUT2D eigenvalue weighted by molar-refractivity contribution is 4.69. The number of hydrogen-bond acceptors (Lipinski definition) is 0. The molecule has 0 N–H and O–H groups in total. The van der Waals surface area contributed by atoms with E-state index in [1.807, 2.05) is 19.9 Å². The minimum absolute atomic E-state index is 0.648. The largest absolute Gasteiger partial charge is 0.103 e. The van der Waals surface area contributed by atoms with Gasteiger partial charge in [-0.1, -0.05) is 61.0 Å². The molecule has 0 aliphatic carbocycles. The lowest BCUT2D eigenvalue weighted by molar-refractivity contribution is 0.626. The summed E-state index contributed by atoms with van der Waals surface area (Å²) < 4.78 is 0. The summed E-state index contributed by atoms with van der Waals surface area (Å²) in [5, 5.41) is 0. The van der Waals surface area contributed by atoms with Crippen molar-refractivity contribution in [3.05, 3.63) is 12.7 Å². The third-order valence-corrected chi connectivity index (χ3v) is 1.29. The molecule has 0 saturated carbocycles. The lowest BCUT2D eigenvalue weighted by atomic mass is 10.2. The average Bonchev–Trinajstić information content (AvgIpc) is 2.09. The normalized spacial score (nSPS) is 8.08. The molecule has 0 aliphatic heterocycles. The molecular formula is C12H28. The molecule has 0 nitrogen and oxygen atoms in total. The van der Waals surface area contributed by atoms with Crippen molar-refractivity contribution in [2.24, 2.45) is 11.8 Å². The number of hydrogen-bond donors (Lipinski definition) is 0. The van der Waals surface area contributed by atoms with Crippen LogP contribution in [0.4, 0.5) is 0 Å². The Morgan fingerprint density at radius 2 is 1.25 bits per heavy atom. The second-order valence-corrected chi connectivity index (χ2v) is 3.28. The van der Waals surface area contributed by atoms with Gasteiger partial charge < -0.3 is 0 Å². The van der Waals surface area contributed by atoms with Gasteiger partial charge in [-0.25, -0.2) is 0 Å². The van der Waals surface area contributed by atoms with Crippen molar-refractivity contribution in [3.8, 4) is 0 Å². The van der Waals surface area contributed by atoms with Crippen LogP contribution in [0.25, 0.3) is 0 Å². The number of allylic oxidation sites excluding steroid dienone is 1. The first kappa shape index (κ1) is 17.7. The van der Waals surface area contributed by atoms with Gasteiger partial charge >= 0.3 is 0 Å². The van der Waals surface area contributed by atoms with Crippen LogP contribution in [0.2, 0.25) is 0 Å². The highest BCUT2D eigenvalue weighted by Gasteiger charge is 1.80. The van der Waals surface area contributed by atoms with E-state index in [1.165, 1.54) is 6.42 Å². The first-order valence-electron chi connectivity index (χ1n) is 5.17. The van der Waals surface area contributed by atoms with Crippen LogP contribution in [-0.4, -0.2) is 0 Å². The Balaban J connectivity index is -0.000000112. The van der Waals surface area contributed by atoms with Crippen LogP contribution >= 0.6 is 0 Å². The second-order valence-electron chi connectivity index (χ2n) is 3.28. The van der Waals surface area contributed by atoms with Gasteiger partial charge in [0.25, 0.3) is 0 Å². The fourth-order valence-corrected chi connectivity index (χ4v) is 0. The van der Waals surface area contributed by atoms with Gasteiger partial charge in [-0.2, -0.15) is 0 Å².